The number of halogens is 1. The molecule has 0 aliphatic carbocycles. The summed E-state index contributed by atoms with van der Waals surface area (Å²) in [6.45, 7) is 3.70. The van der Waals surface area contributed by atoms with E-state index < -0.39 is 10.0 Å². The van der Waals surface area contributed by atoms with Crippen LogP contribution in [0.1, 0.15) is 12.3 Å². The summed E-state index contributed by atoms with van der Waals surface area (Å²) in [5.41, 5.74) is 1.03. The van der Waals surface area contributed by atoms with Crippen LogP contribution >= 0.6 is 15.9 Å². The summed E-state index contributed by atoms with van der Waals surface area (Å²) < 4.78 is 39.4. The second-order valence-corrected chi connectivity index (χ2v) is 10.1. The lowest BCUT2D eigenvalue weighted by atomic mass is 10.1. The maximum absolute atomic E-state index is 13.1. The van der Waals surface area contributed by atoms with Crippen molar-refractivity contribution in [3.8, 4) is 11.5 Å². The number of fused-ring (bicyclic) bond motifs is 1. The highest BCUT2D eigenvalue weighted by Gasteiger charge is 2.23. The highest BCUT2D eigenvalue weighted by Crippen LogP contribution is 2.33. The van der Waals surface area contributed by atoms with Gasteiger partial charge in [-0.2, -0.15) is 17.6 Å². The van der Waals surface area contributed by atoms with Crippen molar-refractivity contribution in [1.82, 2.24) is 24.3 Å². The fourth-order valence-electron chi connectivity index (χ4n) is 3.70. The molecule has 32 heavy (non-hydrogen) atoms. The third-order valence-corrected chi connectivity index (χ3v) is 7.33. The molecule has 11 heteroatoms. The van der Waals surface area contributed by atoms with Crippen molar-refractivity contribution in [1.29, 1.82) is 0 Å². The second-order valence-electron chi connectivity index (χ2n) is 7.43. The van der Waals surface area contributed by atoms with E-state index in [0.29, 0.717) is 45.9 Å². The Morgan fingerprint density at radius 1 is 1.06 bits per heavy atom. The predicted molar refractivity (Wildman–Crippen MR) is 120 cm³/mol. The van der Waals surface area contributed by atoms with E-state index in [4.69, 9.17) is 9.15 Å². The summed E-state index contributed by atoms with van der Waals surface area (Å²) in [5, 5.41) is 13.2. The first-order valence-corrected chi connectivity index (χ1v) is 12.4. The Labute approximate surface area is 193 Å². The van der Waals surface area contributed by atoms with Gasteiger partial charge in [0.25, 0.3) is 10.0 Å². The molecule has 9 nitrogen and oxygen atoms in total. The lowest BCUT2D eigenvalue weighted by molar-refractivity contribution is 0.138. The molecule has 0 unspecified atom stereocenters. The van der Waals surface area contributed by atoms with Crippen LogP contribution in [0.4, 0.5) is 0 Å². The van der Waals surface area contributed by atoms with Gasteiger partial charge in [0.15, 0.2) is 0 Å². The van der Waals surface area contributed by atoms with Crippen LogP contribution in [0.15, 0.2) is 62.4 Å². The minimum atomic E-state index is -3.86. The molecule has 1 aliphatic heterocycles. The van der Waals surface area contributed by atoms with Crippen LogP contribution in [0.5, 0.6) is 0 Å². The minimum Gasteiger partial charge on any atom is -0.419 e. The first kappa shape index (κ1) is 21.3. The zero-order chi connectivity index (χ0) is 22.1. The van der Waals surface area contributed by atoms with Gasteiger partial charge in [0.1, 0.15) is 0 Å². The molecule has 1 fully saturated rings. The van der Waals surface area contributed by atoms with E-state index in [1.807, 2.05) is 6.07 Å². The third-order valence-electron chi connectivity index (χ3n) is 5.26. The molecule has 3 heterocycles. The highest BCUT2D eigenvalue weighted by molar-refractivity contribution is 9.10. The van der Waals surface area contributed by atoms with E-state index in [0.717, 1.165) is 30.2 Å². The van der Waals surface area contributed by atoms with Crippen molar-refractivity contribution >= 4 is 36.9 Å². The second kappa shape index (κ2) is 8.74. The number of hydrogen-bond donors (Lipinski definition) is 0. The molecule has 0 saturated carbocycles. The van der Waals surface area contributed by atoms with Crippen molar-refractivity contribution < 1.29 is 17.6 Å². The van der Waals surface area contributed by atoms with E-state index in [9.17, 15) is 8.42 Å². The van der Waals surface area contributed by atoms with Crippen molar-refractivity contribution in [2.75, 3.05) is 26.3 Å². The summed E-state index contributed by atoms with van der Waals surface area (Å²) >= 11 is 3.47. The van der Waals surface area contributed by atoms with Gasteiger partial charge in [-0.05, 0) is 30.7 Å². The fourth-order valence-corrected chi connectivity index (χ4v) is 5.43. The van der Waals surface area contributed by atoms with E-state index in [1.54, 1.807) is 36.4 Å². The summed E-state index contributed by atoms with van der Waals surface area (Å²) in [6, 6.07) is 11.7. The molecule has 2 aromatic carbocycles. The summed E-state index contributed by atoms with van der Waals surface area (Å²) in [7, 11) is -3.86. The maximum Gasteiger partial charge on any atom is 0.283 e. The molecule has 0 N–H and O–H groups in total. The molecule has 0 bridgehead atoms. The third kappa shape index (κ3) is 4.08. The van der Waals surface area contributed by atoms with Gasteiger partial charge >= 0.3 is 0 Å². The van der Waals surface area contributed by atoms with Gasteiger partial charge in [0.05, 0.1) is 35.3 Å². The Hall–Kier alpha value is -2.60. The lowest BCUT2D eigenvalue weighted by Crippen LogP contribution is -2.25. The van der Waals surface area contributed by atoms with Crippen LogP contribution in [0.3, 0.4) is 0 Å². The molecular weight excluding hydrogens is 498 g/mol. The Bertz CT molecular complexity index is 1350. The van der Waals surface area contributed by atoms with E-state index in [-0.39, 0.29) is 4.90 Å². The Morgan fingerprint density at radius 3 is 2.75 bits per heavy atom. The number of aromatic nitrogens is 4. The Morgan fingerprint density at radius 2 is 1.91 bits per heavy atom. The van der Waals surface area contributed by atoms with Gasteiger partial charge in [0, 0.05) is 29.6 Å². The Kier molecular flexibility index (Phi) is 5.80. The van der Waals surface area contributed by atoms with Crippen molar-refractivity contribution in [2.45, 2.75) is 17.9 Å². The molecule has 4 aromatic rings. The largest absolute Gasteiger partial charge is 0.419 e. The van der Waals surface area contributed by atoms with Crippen LogP contribution in [0, 0.1) is 0 Å². The molecule has 1 saturated heterocycles. The van der Waals surface area contributed by atoms with Crippen LogP contribution in [-0.4, -0.2) is 59.0 Å². The fraction of sp³-hybridized carbons (Fsp3) is 0.286. The zero-order valence-electron chi connectivity index (χ0n) is 17.0. The predicted octanol–water partition coefficient (Wildman–Crippen LogP) is 3.31. The monoisotopic (exact) mass is 517 g/mol. The van der Waals surface area contributed by atoms with Crippen molar-refractivity contribution in [3.05, 3.63) is 59.0 Å². The topological polar surface area (TPSA) is 103 Å². The van der Waals surface area contributed by atoms with Gasteiger partial charge in [-0.15, -0.1) is 10.2 Å². The molecule has 0 radical (unpaired) electrons. The quantitative estimate of drug-likeness (QED) is 0.397. The first-order chi connectivity index (χ1) is 15.5. The van der Waals surface area contributed by atoms with Gasteiger partial charge in [-0.3, -0.25) is 4.90 Å². The molecule has 2 aromatic heterocycles. The van der Waals surface area contributed by atoms with Gasteiger partial charge < -0.3 is 9.15 Å². The number of hydrogen-bond acceptors (Lipinski definition) is 8. The summed E-state index contributed by atoms with van der Waals surface area (Å²) in [5.74, 6) is 0.813. The minimum absolute atomic E-state index is 0.160. The van der Waals surface area contributed by atoms with Crippen LogP contribution in [0.25, 0.3) is 22.4 Å². The van der Waals surface area contributed by atoms with E-state index >= 15 is 0 Å². The Balaban J connectivity index is 1.52. The smallest absolute Gasteiger partial charge is 0.283 e. The number of nitrogens with zero attached hydrogens (tertiary/aromatic N) is 5. The summed E-state index contributed by atoms with van der Waals surface area (Å²) in [4.78, 5) is 2.37. The maximum atomic E-state index is 13.1. The normalized spacial score (nSPS) is 15.8. The molecule has 1 aliphatic rings. The van der Waals surface area contributed by atoms with E-state index in [1.165, 1.54) is 6.20 Å². The zero-order valence-corrected chi connectivity index (χ0v) is 19.4. The molecular formula is C21H20BrN5O4S. The average Bonchev–Trinajstić information content (AvgIpc) is 3.35. The number of rotatable bonds is 5. The van der Waals surface area contributed by atoms with Crippen LogP contribution in [-0.2, 0) is 21.3 Å². The van der Waals surface area contributed by atoms with Crippen LogP contribution < -0.4 is 0 Å². The first-order valence-electron chi connectivity index (χ1n) is 10.1. The molecule has 0 amide bonds. The molecule has 0 atom stereocenters. The van der Waals surface area contributed by atoms with Gasteiger partial charge in [0.2, 0.25) is 11.8 Å². The molecule has 0 spiro atoms. The SMILES string of the molecule is O=S(=O)(c1ccccc1)n1ncc2c(-c3nnc(CN4CCCOCC4)o3)cc(Br)cc21. The molecule has 166 valence electrons. The van der Waals surface area contributed by atoms with Crippen molar-refractivity contribution in [3.63, 3.8) is 0 Å². The molecule has 5 rings (SSSR count). The van der Waals surface area contributed by atoms with Gasteiger partial charge in [-0.1, -0.05) is 34.1 Å². The van der Waals surface area contributed by atoms with Crippen molar-refractivity contribution in [2.24, 2.45) is 0 Å². The van der Waals surface area contributed by atoms with E-state index in [2.05, 4.69) is 36.1 Å². The average molecular weight is 518 g/mol. The standard InChI is InChI=1S/C21H20BrN5O4S/c22-15-11-17(21-25-24-20(31-21)14-26-7-4-9-30-10-8-26)18-13-23-27(19(18)12-15)32(28,29)16-5-2-1-3-6-16/h1-3,5-6,11-13H,4,7-10,14H2. The number of ether oxygens (including phenoxy) is 1. The van der Waals surface area contributed by atoms with Gasteiger partial charge in [-0.25, -0.2) is 0 Å². The van der Waals surface area contributed by atoms with Crippen LogP contribution in [0.2, 0.25) is 0 Å². The lowest BCUT2D eigenvalue weighted by Gasteiger charge is -2.15. The number of benzene rings is 2. The highest BCUT2D eigenvalue weighted by atomic mass is 79.9. The summed E-state index contributed by atoms with van der Waals surface area (Å²) in [6.07, 6.45) is 2.47.